The molecular formula is C35H58N2O5Si. The molecule has 1 aliphatic heterocycles. The van der Waals surface area contributed by atoms with Crippen LogP contribution in [0.15, 0.2) is 72.8 Å². The maximum Gasteiger partial charge on any atom is 0.330 e. The standard InChI is InChI=1S/C15H21NO2.C13H23NOSi.C6H10O2.CH4/c1-3-18-15(17)14-11-16(9-12(14)2)10-13-7-5-4-6-8-13;1-15-11-14(12-16(2,3)4)10-13-8-6-5-7-9-13;1-3-5-6(7)8-4-2;/h4-8,12,14H,3,9-11H2,1-2H3;5-9H,10-12H2,1-4H3;3,5H,4H2,1-2H3;1H4/b;;5-3+;/t12-,14-;;;/m1.../s1. The molecule has 2 aromatic rings. The molecule has 1 saturated heterocycles. The highest BCUT2D eigenvalue weighted by Gasteiger charge is 2.35. The minimum atomic E-state index is -1.07. The Labute approximate surface area is 263 Å². The molecule has 0 spiro atoms. The van der Waals surface area contributed by atoms with Gasteiger partial charge in [-0.25, -0.2) is 4.79 Å². The summed E-state index contributed by atoms with van der Waals surface area (Å²) in [6, 6.07) is 21.0. The predicted octanol–water partition coefficient (Wildman–Crippen LogP) is 7.05. The molecule has 0 N–H and O–H groups in total. The molecule has 7 nitrogen and oxygen atoms in total. The highest BCUT2D eigenvalue weighted by Crippen LogP contribution is 2.25. The summed E-state index contributed by atoms with van der Waals surface area (Å²) in [6.07, 6.45) is 4.22. The van der Waals surface area contributed by atoms with E-state index in [1.807, 2.05) is 13.0 Å². The number of esters is 2. The first-order chi connectivity index (χ1) is 20.0. The average molecular weight is 615 g/mol. The lowest BCUT2D eigenvalue weighted by molar-refractivity contribution is -0.148. The molecule has 0 aliphatic carbocycles. The first-order valence-corrected chi connectivity index (χ1v) is 18.7. The third-order valence-corrected chi connectivity index (χ3v) is 7.77. The Morgan fingerprint density at radius 1 is 0.930 bits per heavy atom. The van der Waals surface area contributed by atoms with Crippen LogP contribution in [0, 0.1) is 11.8 Å². The lowest BCUT2D eigenvalue weighted by atomic mass is 9.99. The van der Waals surface area contributed by atoms with Crippen LogP contribution in [-0.4, -0.2) is 76.1 Å². The molecule has 2 aromatic carbocycles. The van der Waals surface area contributed by atoms with Gasteiger partial charge in [-0.15, -0.1) is 0 Å². The second-order valence-corrected chi connectivity index (χ2v) is 17.2. The monoisotopic (exact) mass is 614 g/mol. The van der Waals surface area contributed by atoms with E-state index >= 15 is 0 Å². The summed E-state index contributed by atoms with van der Waals surface area (Å²) in [7, 11) is 0.701. The van der Waals surface area contributed by atoms with E-state index in [0.717, 1.165) is 32.9 Å². The summed E-state index contributed by atoms with van der Waals surface area (Å²) in [5, 5.41) is 0. The fourth-order valence-electron chi connectivity index (χ4n) is 4.76. The van der Waals surface area contributed by atoms with Gasteiger partial charge < -0.3 is 14.2 Å². The van der Waals surface area contributed by atoms with Crippen molar-refractivity contribution in [1.29, 1.82) is 0 Å². The van der Waals surface area contributed by atoms with Gasteiger partial charge in [0, 0.05) is 39.4 Å². The minimum absolute atomic E-state index is 0. The predicted molar refractivity (Wildman–Crippen MR) is 181 cm³/mol. The van der Waals surface area contributed by atoms with Crippen LogP contribution in [0.3, 0.4) is 0 Å². The van der Waals surface area contributed by atoms with E-state index in [-0.39, 0.29) is 25.3 Å². The summed E-state index contributed by atoms with van der Waals surface area (Å²) in [5.41, 5.74) is 2.66. The number of ether oxygens (including phenoxy) is 3. The molecule has 0 unspecified atom stereocenters. The van der Waals surface area contributed by atoms with Crippen molar-refractivity contribution in [3.8, 4) is 0 Å². The van der Waals surface area contributed by atoms with Crippen LogP contribution >= 0.6 is 0 Å². The molecule has 8 heteroatoms. The lowest BCUT2D eigenvalue weighted by Crippen LogP contribution is -2.40. The molecule has 0 saturated carbocycles. The van der Waals surface area contributed by atoms with Gasteiger partial charge in [-0.2, -0.15) is 0 Å². The van der Waals surface area contributed by atoms with Gasteiger partial charge in [0.2, 0.25) is 0 Å². The third-order valence-electron chi connectivity index (χ3n) is 6.37. The molecule has 0 bridgehead atoms. The third kappa shape index (κ3) is 18.5. The maximum atomic E-state index is 11.8. The second kappa shape index (κ2) is 22.7. The van der Waals surface area contributed by atoms with Gasteiger partial charge in [0.25, 0.3) is 0 Å². The second-order valence-electron chi connectivity index (χ2n) is 11.7. The number of hydrogen-bond donors (Lipinski definition) is 0. The molecule has 1 aliphatic rings. The summed E-state index contributed by atoms with van der Waals surface area (Å²) >= 11 is 0. The number of methoxy groups -OCH3 is 1. The number of rotatable bonds is 12. The number of allylic oxidation sites excluding steroid dienone is 1. The SMILES string of the molecule is C.C/C=C/C(=O)OCC.CCOC(=O)[C@@H]1CN(Cc2ccccc2)C[C@H]1C.COCN(Cc1ccccc1)C[Si](C)(C)C. The van der Waals surface area contributed by atoms with Crippen LogP contribution < -0.4 is 0 Å². The van der Waals surface area contributed by atoms with Crippen LogP contribution in [0.1, 0.15) is 46.2 Å². The van der Waals surface area contributed by atoms with Crippen LogP contribution in [0.2, 0.25) is 19.6 Å². The van der Waals surface area contributed by atoms with Crippen LogP contribution in [0.4, 0.5) is 0 Å². The number of likely N-dealkylation sites (tertiary alicyclic amines) is 1. The van der Waals surface area contributed by atoms with Crippen molar-refractivity contribution >= 4 is 20.0 Å². The number of benzene rings is 2. The van der Waals surface area contributed by atoms with Gasteiger partial charge in [-0.1, -0.05) is 101 Å². The molecule has 1 fully saturated rings. The Kier molecular flexibility index (Phi) is 21.2. The van der Waals surface area contributed by atoms with E-state index in [2.05, 4.69) is 95.7 Å². The maximum absolute atomic E-state index is 11.8. The Morgan fingerprint density at radius 2 is 1.49 bits per heavy atom. The van der Waals surface area contributed by atoms with E-state index in [9.17, 15) is 9.59 Å². The summed E-state index contributed by atoms with van der Waals surface area (Å²) in [4.78, 5) is 26.9. The largest absolute Gasteiger partial charge is 0.466 e. The fourth-order valence-corrected chi connectivity index (χ4v) is 6.31. The van der Waals surface area contributed by atoms with Crippen molar-refractivity contribution in [2.75, 3.05) is 46.3 Å². The van der Waals surface area contributed by atoms with Crippen molar-refractivity contribution in [2.45, 2.75) is 67.9 Å². The number of hydrogen-bond acceptors (Lipinski definition) is 7. The molecule has 0 aromatic heterocycles. The van der Waals surface area contributed by atoms with Gasteiger partial charge in [-0.3, -0.25) is 14.6 Å². The molecule has 1 heterocycles. The molecule has 0 radical (unpaired) electrons. The van der Waals surface area contributed by atoms with Gasteiger partial charge >= 0.3 is 11.9 Å². The van der Waals surface area contributed by atoms with Crippen LogP contribution in [-0.2, 0) is 36.9 Å². The summed E-state index contributed by atoms with van der Waals surface area (Å²) in [5.74, 6) is 0.108. The van der Waals surface area contributed by atoms with E-state index in [1.165, 1.54) is 23.4 Å². The highest BCUT2D eigenvalue weighted by atomic mass is 28.3. The quantitative estimate of drug-likeness (QED) is 0.110. The van der Waals surface area contributed by atoms with Crippen LogP contribution in [0.25, 0.3) is 0 Å². The van der Waals surface area contributed by atoms with Crippen LogP contribution in [0.5, 0.6) is 0 Å². The zero-order valence-corrected chi connectivity index (χ0v) is 28.2. The molecular weight excluding hydrogens is 556 g/mol. The van der Waals surface area contributed by atoms with Gasteiger partial charge in [0.05, 0.1) is 33.9 Å². The van der Waals surface area contributed by atoms with Crippen molar-refractivity contribution in [3.05, 3.63) is 83.9 Å². The highest BCUT2D eigenvalue weighted by molar-refractivity contribution is 6.76. The van der Waals surface area contributed by atoms with Crippen molar-refractivity contribution < 1.29 is 23.8 Å². The van der Waals surface area contributed by atoms with Gasteiger partial charge in [0.1, 0.15) is 0 Å². The van der Waals surface area contributed by atoms with E-state index in [0.29, 0.717) is 19.1 Å². The van der Waals surface area contributed by atoms with Crippen molar-refractivity contribution in [3.63, 3.8) is 0 Å². The summed E-state index contributed by atoms with van der Waals surface area (Å²) in [6.45, 7) is 20.0. The minimum Gasteiger partial charge on any atom is -0.466 e. The molecule has 3 rings (SSSR count). The molecule has 2 atom stereocenters. The van der Waals surface area contributed by atoms with E-state index in [4.69, 9.17) is 9.47 Å². The Hall–Kier alpha value is -2.78. The zero-order chi connectivity index (χ0) is 31.4. The fraction of sp³-hybridized carbons (Fsp3) is 0.543. The Bertz CT molecular complexity index is 1030. The number of carbonyl (C=O) groups excluding carboxylic acids is 2. The molecule has 242 valence electrons. The first-order valence-electron chi connectivity index (χ1n) is 15.0. The number of carbonyl (C=O) groups is 2. The average Bonchev–Trinajstić information content (AvgIpc) is 3.30. The first kappa shape index (κ1) is 40.2. The van der Waals surface area contributed by atoms with E-state index < -0.39 is 8.07 Å². The Balaban J connectivity index is 0.000000652. The lowest BCUT2D eigenvalue weighted by Gasteiger charge is -2.28. The van der Waals surface area contributed by atoms with Crippen molar-refractivity contribution in [2.24, 2.45) is 11.8 Å². The normalized spacial score (nSPS) is 16.4. The zero-order valence-electron chi connectivity index (χ0n) is 27.2. The topological polar surface area (TPSA) is 68.3 Å². The van der Waals surface area contributed by atoms with Gasteiger partial charge in [-0.05, 0) is 44.0 Å². The van der Waals surface area contributed by atoms with E-state index in [1.54, 1.807) is 27.0 Å². The number of nitrogens with zero attached hydrogens (tertiary/aromatic N) is 2. The Morgan fingerprint density at radius 3 is 1.98 bits per heavy atom. The summed E-state index contributed by atoms with van der Waals surface area (Å²) < 4.78 is 15.0. The van der Waals surface area contributed by atoms with Crippen molar-refractivity contribution in [1.82, 2.24) is 9.80 Å². The smallest absolute Gasteiger partial charge is 0.330 e. The molecule has 43 heavy (non-hydrogen) atoms. The molecule has 0 amide bonds. The van der Waals surface area contributed by atoms with Gasteiger partial charge in [0.15, 0.2) is 0 Å².